The van der Waals surface area contributed by atoms with Gasteiger partial charge in [-0.25, -0.2) is 0 Å². The van der Waals surface area contributed by atoms with Crippen LogP contribution >= 0.6 is 0 Å². The van der Waals surface area contributed by atoms with Gasteiger partial charge >= 0.3 is 0 Å². The lowest BCUT2D eigenvalue weighted by Gasteiger charge is -2.28. The molecule has 1 saturated heterocycles. The molecule has 0 aromatic rings. The molecule has 1 rings (SSSR count). The van der Waals surface area contributed by atoms with Gasteiger partial charge in [-0.15, -0.1) is 6.54 Å². The molecule has 0 unspecified atom stereocenters. The van der Waals surface area contributed by atoms with E-state index < -0.39 is 0 Å². The summed E-state index contributed by atoms with van der Waals surface area (Å²) in [6, 6.07) is 0. The molecular weight excluding hydrogens is 128 g/mol. The Hall–Kier alpha value is -0.120. The fraction of sp³-hybridized carbons (Fsp3) is 1.00. The van der Waals surface area contributed by atoms with E-state index in [9.17, 15) is 0 Å². The highest BCUT2D eigenvalue weighted by atomic mass is 16.5. The summed E-state index contributed by atoms with van der Waals surface area (Å²) >= 11 is 0. The van der Waals surface area contributed by atoms with Crippen molar-refractivity contribution in [2.75, 3.05) is 46.4 Å². The minimum Gasteiger partial charge on any atom is -0.664 e. The second-order valence-corrected chi connectivity index (χ2v) is 2.49. The molecule has 0 amide bonds. The van der Waals surface area contributed by atoms with E-state index in [1.807, 2.05) is 7.05 Å². The van der Waals surface area contributed by atoms with E-state index in [-0.39, 0.29) is 0 Å². The summed E-state index contributed by atoms with van der Waals surface area (Å²) < 4.78 is 5.21. The molecule has 0 aliphatic carbocycles. The maximum absolute atomic E-state index is 5.21. The third kappa shape index (κ3) is 2.64. The lowest BCUT2D eigenvalue weighted by Crippen LogP contribution is -2.37. The average Bonchev–Trinajstić information content (AvgIpc) is 2.03. The van der Waals surface area contributed by atoms with Crippen molar-refractivity contribution >= 4 is 0 Å². The Morgan fingerprint density at radius 1 is 1.40 bits per heavy atom. The molecule has 0 saturated carbocycles. The molecule has 1 fully saturated rings. The zero-order chi connectivity index (χ0) is 7.23. The van der Waals surface area contributed by atoms with Crippen LogP contribution in [0.25, 0.3) is 5.32 Å². The van der Waals surface area contributed by atoms with E-state index in [1.54, 1.807) is 0 Å². The second kappa shape index (κ2) is 4.66. The number of ether oxygens (including phenoxy) is 1. The van der Waals surface area contributed by atoms with Crippen LogP contribution in [-0.2, 0) is 4.74 Å². The fourth-order valence-electron chi connectivity index (χ4n) is 1.07. The molecule has 0 atom stereocenters. The molecule has 10 heavy (non-hydrogen) atoms. The molecule has 0 aromatic heterocycles. The van der Waals surface area contributed by atoms with Gasteiger partial charge < -0.3 is 15.0 Å². The zero-order valence-electron chi connectivity index (χ0n) is 6.55. The summed E-state index contributed by atoms with van der Waals surface area (Å²) in [6.45, 7) is 6.00. The van der Waals surface area contributed by atoms with Gasteiger partial charge in [0.1, 0.15) is 0 Å². The summed E-state index contributed by atoms with van der Waals surface area (Å²) in [5.74, 6) is 0. The SMILES string of the molecule is C[N-]CCN1CCOCC1. The van der Waals surface area contributed by atoms with Crippen LogP contribution < -0.4 is 0 Å². The van der Waals surface area contributed by atoms with E-state index >= 15 is 0 Å². The van der Waals surface area contributed by atoms with Gasteiger partial charge in [0.25, 0.3) is 0 Å². The standard InChI is InChI=1S/C7H15N2O/c1-8-2-3-9-4-6-10-7-5-9/h2-7H2,1H3/q-1. The molecule has 0 bridgehead atoms. The van der Waals surface area contributed by atoms with Crippen molar-refractivity contribution < 1.29 is 4.74 Å². The average molecular weight is 143 g/mol. The van der Waals surface area contributed by atoms with E-state index in [0.29, 0.717) is 0 Å². The maximum Gasteiger partial charge on any atom is 0.0594 e. The van der Waals surface area contributed by atoms with Crippen molar-refractivity contribution in [1.29, 1.82) is 0 Å². The number of morpholine rings is 1. The number of nitrogens with zero attached hydrogens (tertiary/aromatic N) is 2. The Morgan fingerprint density at radius 3 is 2.70 bits per heavy atom. The third-order valence-corrected chi connectivity index (χ3v) is 1.74. The monoisotopic (exact) mass is 143 g/mol. The first kappa shape index (κ1) is 7.98. The van der Waals surface area contributed by atoms with Gasteiger partial charge in [-0.3, -0.25) is 0 Å². The number of hydrogen-bond donors (Lipinski definition) is 0. The first-order chi connectivity index (χ1) is 4.93. The first-order valence-electron chi connectivity index (χ1n) is 3.79. The van der Waals surface area contributed by atoms with E-state index in [1.165, 1.54) is 0 Å². The van der Waals surface area contributed by atoms with Crippen molar-refractivity contribution in [2.24, 2.45) is 0 Å². The van der Waals surface area contributed by atoms with Crippen LogP contribution in [0.5, 0.6) is 0 Å². The molecule has 1 heterocycles. The van der Waals surface area contributed by atoms with E-state index in [0.717, 1.165) is 39.4 Å². The van der Waals surface area contributed by atoms with Gasteiger partial charge in [0.2, 0.25) is 0 Å². The Bertz CT molecular complexity index is 81.7. The highest BCUT2D eigenvalue weighted by Crippen LogP contribution is 1.95. The predicted molar refractivity (Wildman–Crippen MR) is 41.4 cm³/mol. The molecule has 0 radical (unpaired) electrons. The van der Waals surface area contributed by atoms with Crippen LogP contribution in [0, 0.1) is 0 Å². The Morgan fingerprint density at radius 2 is 2.10 bits per heavy atom. The number of rotatable bonds is 3. The molecule has 1 aliphatic rings. The van der Waals surface area contributed by atoms with E-state index in [4.69, 9.17) is 4.74 Å². The van der Waals surface area contributed by atoms with Crippen LogP contribution in [0.15, 0.2) is 0 Å². The Balaban J connectivity index is 2.02. The number of likely N-dealkylation sites (N-methyl/N-ethyl adjacent to an activating group) is 1. The quantitative estimate of drug-likeness (QED) is 0.569. The van der Waals surface area contributed by atoms with Crippen LogP contribution in [0.2, 0.25) is 0 Å². The van der Waals surface area contributed by atoms with Gasteiger partial charge in [-0.1, -0.05) is 0 Å². The minimum absolute atomic E-state index is 0.893. The lowest BCUT2D eigenvalue weighted by atomic mass is 10.4. The van der Waals surface area contributed by atoms with Gasteiger partial charge in [0.05, 0.1) is 13.2 Å². The molecule has 60 valence electrons. The van der Waals surface area contributed by atoms with Crippen molar-refractivity contribution in [3.05, 3.63) is 5.32 Å². The highest BCUT2D eigenvalue weighted by Gasteiger charge is 2.06. The molecular formula is C7H15N2O-. The minimum atomic E-state index is 0.893. The summed E-state index contributed by atoms with van der Waals surface area (Å²) in [5, 5.41) is 4.05. The van der Waals surface area contributed by atoms with Crippen molar-refractivity contribution in [2.45, 2.75) is 0 Å². The smallest absolute Gasteiger partial charge is 0.0594 e. The maximum atomic E-state index is 5.21. The molecule has 0 spiro atoms. The van der Waals surface area contributed by atoms with Gasteiger partial charge in [-0.05, 0) is 6.54 Å². The van der Waals surface area contributed by atoms with Crippen molar-refractivity contribution in [3.63, 3.8) is 0 Å². The topological polar surface area (TPSA) is 26.6 Å². The molecule has 0 N–H and O–H groups in total. The van der Waals surface area contributed by atoms with Gasteiger partial charge in [-0.2, -0.15) is 7.05 Å². The molecule has 0 aromatic carbocycles. The van der Waals surface area contributed by atoms with Gasteiger partial charge in [0.15, 0.2) is 0 Å². The lowest BCUT2D eigenvalue weighted by molar-refractivity contribution is 0.0400. The van der Waals surface area contributed by atoms with Crippen LogP contribution in [-0.4, -0.2) is 51.3 Å². The first-order valence-corrected chi connectivity index (χ1v) is 3.79. The molecule has 3 heteroatoms. The second-order valence-electron chi connectivity index (χ2n) is 2.49. The third-order valence-electron chi connectivity index (χ3n) is 1.74. The molecule has 3 nitrogen and oxygen atoms in total. The normalized spacial score (nSPS) is 21.3. The van der Waals surface area contributed by atoms with Crippen LogP contribution in [0.3, 0.4) is 0 Å². The van der Waals surface area contributed by atoms with Crippen LogP contribution in [0.4, 0.5) is 0 Å². The highest BCUT2D eigenvalue weighted by molar-refractivity contribution is 4.73. The Labute approximate surface area is 62.3 Å². The van der Waals surface area contributed by atoms with Gasteiger partial charge in [0, 0.05) is 13.1 Å². The molecule has 1 aliphatic heterocycles. The van der Waals surface area contributed by atoms with Crippen molar-refractivity contribution in [3.8, 4) is 0 Å². The number of hydrogen-bond acceptors (Lipinski definition) is 2. The largest absolute Gasteiger partial charge is 0.664 e. The van der Waals surface area contributed by atoms with Crippen LogP contribution in [0.1, 0.15) is 0 Å². The summed E-state index contributed by atoms with van der Waals surface area (Å²) in [4.78, 5) is 2.39. The Kier molecular flexibility index (Phi) is 3.72. The zero-order valence-corrected chi connectivity index (χ0v) is 6.55. The fourth-order valence-corrected chi connectivity index (χ4v) is 1.07. The van der Waals surface area contributed by atoms with Crippen molar-refractivity contribution in [1.82, 2.24) is 4.90 Å². The summed E-state index contributed by atoms with van der Waals surface area (Å²) in [5.41, 5.74) is 0. The predicted octanol–water partition coefficient (Wildman–Crippen LogP) is 0.322. The summed E-state index contributed by atoms with van der Waals surface area (Å²) in [7, 11) is 1.86. The summed E-state index contributed by atoms with van der Waals surface area (Å²) in [6.07, 6.45) is 0. The van der Waals surface area contributed by atoms with E-state index in [2.05, 4.69) is 10.2 Å².